The summed E-state index contributed by atoms with van der Waals surface area (Å²) in [6.07, 6.45) is 7.40. The molecule has 2 aromatic heterocycles. The van der Waals surface area contributed by atoms with Gasteiger partial charge in [0.05, 0.1) is 24.5 Å². The number of nitrogens with one attached hydrogen (secondary N) is 1. The lowest BCUT2D eigenvalue weighted by atomic mass is 9.91. The number of amides is 1. The van der Waals surface area contributed by atoms with Gasteiger partial charge in [-0.25, -0.2) is 0 Å². The van der Waals surface area contributed by atoms with Crippen LogP contribution in [0.1, 0.15) is 24.1 Å². The van der Waals surface area contributed by atoms with Gasteiger partial charge in [0.25, 0.3) is 0 Å². The van der Waals surface area contributed by atoms with Gasteiger partial charge in [0, 0.05) is 38.1 Å². The van der Waals surface area contributed by atoms with Crippen LogP contribution in [0.2, 0.25) is 0 Å². The average molecular weight is 355 g/mol. The van der Waals surface area contributed by atoms with Crippen molar-refractivity contribution in [2.24, 2.45) is 13.0 Å². The van der Waals surface area contributed by atoms with Crippen molar-refractivity contribution in [1.29, 1.82) is 0 Å². The van der Waals surface area contributed by atoms with E-state index in [1.807, 2.05) is 36.1 Å². The molecule has 26 heavy (non-hydrogen) atoms. The van der Waals surface area contributed by atoms with Gasteiger partial charge in [-0.05, 0) is 37.4 Å². The summed E-state index contributed by atoms with van der Waals surface area (Å²) < 4.78 is 7.92. The van der Waals surface area contributed by atoms with Crippen LogP contribution in [0.4, 0.5) is 0 Å². The van der Waals surface area contributed by atoms with Gasteiger partial charge in [0.15, 0.2) is 0 Å². The monoisotopic (exact) mass is 355 g/mol. The number of hydrogen-bond donors (Lipinski definition) is 1. The summed E-state index contributed by atoms with van der Waals surface area (Å²) in [6, 6.07) is 5.70. The molecule has 0 aromatic carbocycles. The molecule has 7 nitrogen and oxygen atoms in total. The highest BCUT2D eigenvalue weighted by molar-refractivity contribution is 5.81. The molecule has 0 spiro atoms. The predicted octanol–water partition coefficient (Wildman–Crippen LogP) is 1.11. The Kier molecular flexibility index (Phi) is 4.99. The van der Waals surface area contributed by atoms with E-state index in [0.717, 1.165) is 38.2 Å². The van der Waals surface area contributed by atoms with Crippen LogP contribution in [0.15, 0.2) is 36.8 Å². The third kappa shape index (κ3) is 3.94. The van der Waals surface area contributed by atoms with Crippen LogP contribution < -0.4 is 5.32 Å². The first kappa shape index (κ1) is 17.2. The molecule has 4 rings (SSSR count). The summed E-state index contributed by atoms with van der Waals surface area (Å²) in [5.41, 5.74) is 2.08. The number of likely N-dealkylation sites (tertiary alicyclic amines) is 1. The topological polar surface area (TPSA) is 72.3 Å². The van der Waals surface area contributed by atoms with Gasteiger partial charge < -0.3 is 10.1 Å². The number of piperidine rings is 1. The summed E-state index contributed by atoms with van der Waals surface area (Å²) in [5.74, 6) is 0.453. The molecule has 2 aliphatic rings. The SMILES string of the molecule is Cn1cc(CN2CC[C@@H]3C[C@@H](C(=O)NCc4ccccn4)O[C@H]3C2)cn1. The highest BCUT2D eigenvalue weighted by atomic mass is 16.5. The molecule has 3 atom stereocenters. The Morgan fingerprint density at radius 3 is 3.12 bits per heavy atom. The van der Waals surface area contributed by atoms with E-state index in [0.29, 0.717) is 12.5 Å². The summed E-state index contributed by atoms with van der Waals surface area (Å²) in [6.45, 7) is 3.25. The lowest BCUT2D eigenvalue weighted by Crippen LogP contribution is -2.42. The Labute approximate surface area is 153 Å². The van der Waals surface area contributed by atoms with Crippen molar-refractivity contribution in [1.82, 2.24) is 25.0 Å². The fourth-order valence-electron chi connectivity index (χ4n) is 3.91. The molecule has 1 amide bonds. The molecule has 2 aliphatic heterocycles. The number of hydrogen-bond acceptors (Lipinski definition) is 5. The zero-order valence-corrected chi connectivity index (χ0v) is 15.0. The normalized spacial score (nSPS) is 25.8. The Morgan fingerprint density at radius 1 is 1.42 bits per heavy atom. The van der Waals surface area contributed by atoms with Gasteiger partial charge in [0.1, 0.15) is 6.10 Å². The van der Waals surface area contributed by atoms with Crippen LogP contribution >= 0.6 is 0 Å². The van der Waals surface area contributed by atoms with Crippen molar-refractivity contribution in [3.05, 3.63) is 48.0 Å². The Hall–Kier alpha value is -2.25. The zero-order valence-electron chi connectivity index (χ0n) is 15.0. The lowest BCUT2D eigenvalue weighted by molar-refractivity contribution is -0.133. The molecule has 7 heteroatoms. The predicted molar refractivity (Wildman–Crippen MR) is 96.0 cm³/mol. The summed E-state index contributed by atoms with van der Waals surface area (Å²) in [5, 5.41) is 7.18. The standard InChI is InChI=1S/C19H25N5O2/c1-23-11-14(9-22-23)12-24-7-5-15-8-17(26-18(15)13-24)19(25)21-10-16-4-2-3-6-20-16/h2-4,6,9,11,15,17-18H,5,7-8,10,12-13H2,1H3,(H,21,25)/t15-,17+,18+/m1/s1. The summed E-state index contributed by atoms with van der Waals surface area (Å²) >= 11 is 0. The van der Waals surface area contributed by atoms with Gasteiger partial charge in [0.2, 0.25) is 5.91 Å². The quantitative estimate of drug-likeness (QED) is 0.870. The van der Waals surface area contributed by atoms with Crippen molar-refractivity contribution in [2.75, 3.05) is 13.1 Å². The van der Waals surface area contributed by atoms with Crippen LogP contribution in [-0.4, -0.2) is 50.9 Å². The van der Waals surface area contributed by atoms with Crippen LogP contribution in [0.3, 0.4) is 0 Å². The molecule has 2 saturated heterocycles. The summed E-state index contributed by atoms with van der Waals surface area (Å²) in [7, 11) is 1.93. The minimum Gasteiger partial charge on any atom is -0.364 e. The van der Waals surface area contributed by atoms with Crippen LogP contribution in [-0.2, 0) is 29.7 Å². The molecule has 2 fully saturated rings. The average Bonchev–Trinajstić information content (AvgIpc) is 3.26. The van der Waals surface area contributed by atoms with Crippen molar-refractivity contribution in [3.63, 3.8) is 0 Å². The van der Waals surface area contributed by atoms with Crippen molar-refractivity contribution in [3.8, 4) is 0 Å². The first-order valence-electron chi connectivity index (χ1n) is 9.20. The number of aryl methyl sites for hydroxylation is 1. The van der Waals surface area contributed by atoms with Gasteiger partial charge in [-0.15, -0.1) is 0 Å². The molecule has 0 saturated carbocycles. The van der Waals surface area contributed by atoms with Crippen molar-refractivity contribution in [2.45, 2.75) is 38.1 Å². The Morgan fingerprint density at radius 2 is 2.35 bits per heavy atom. The molecule has 0 radical (unpaired) electrons. The Balaban J connectivity index is 1.28. The zero-order chi connectivity index (χ0) is 17.9. The number of carbonyl (C=O) groups is 1. The maximum absolute atomic E-state index is 12.4. The number of fused-ring (bicyclic) bond motifs is 1. The first-order valence-corrected chi connectivity index (χ1v) is 9.20. The largest absolute Gasteiger partial charge is 0.364 e. The highest BCUT2D eigenvalue weighted by Crippen LogP contribution is 2.33. The van der Waals surface area contributed by atoms with E-state index in [1.54, 1.807) is 6.20 Å². The molecule has 0 aliphatic carbocycles. The molecule has 0 unspecified atom stereocenters. The van der Waals surface area contributed by atoms with Gasteiger partial charge >= 0.3 is 0 Å². The Bertz CT molecular complexity index is 747. The number of pyridine rings is 1. The second-order valence-corrected chi connectivity index (χ2v) is 7.24. The van der Waals surface area contributed by atoms with E-state index in [-0.39, 0.29) is 18.1 Å². The van der Waals surface area contributed by atoms with Gasteiger partial charge in [-0.3, -0.25) is 19.4 Å². The molecule has 0 bridgehead atoms. The van der Waals surface area contributed by atoms with Crippen molar-refractivity contribution >= 4 is 5.91 Å². The second-order valence-electron chi connectivity index (χ2n) is 7.24. The maximum Gasteiger partial charge on any atom is 0.249 e. The molecule has 2 aromatic rings. The molecule has 4 heterocycles. The molecule has 138 valence electrons. The first-order chi connectivity index (χ1) is 12.7. The number of nitrogens with zero attached hydrogens (tertiary/aromatic N) is 4. The van der Waals surface area contributed by atoms with Crippen LogP contribution in [0.25, 0.3) is 0 Å². The highest BCUT2D eigenvalue weighted by Gasteiger charge is 2.41. The maximum atomic E-state index is 12.4. The van der Waals surface area contributed by atoms with E-state index in [1.165, 1.54) is 5.56 Å². The van der Waals surface area contributed by atoms with E-state index >= 15 is 0 Å². The van der Waals surface area contributed by atoms with Gasteiger partial charge in [-0.1, -0.05) is 6.07 Å². The third-order valence-corrected chi connectivity index (χ3v) is 5.26. The molecular weight excluding hydrogens is 330 g/mol. The number of ether oxygens (including phenoxy) is 1. The fourth-order valence-corrected chi connectivity index (χ4v) is 3.91. The number of aromatic nitrogens is 3. The second kappa shape index (κ2) is 7.55. The lowest BCUT2D eigenvalue weighted by Gasteiger charge is -2.33. The molecule has 1 N–H and O–H groups in total. The minimum atomic E-state index is -0.341. The van der Waals surface area contributed by atoms with E-state index in [4.69, 9.17) is 4.74 Å². The number of carbonyl (C=O) groups excluding carboxylic acids is 1. The number of rotatable bonds is 5. The fraction of sp³-hybridized carbons (Fsp3) is 0.526. The smallest absolute Gasteiger partial charge is 0.249 e. The van der Waals surface area contributed by atoms with E-state index in [2.05, 4.69) is 26.5 Å². The van der Waals surface area contributed by atoms with E-state index in [9.17, 15) is 4.79 Å². The summed E-state index contributed by atoms with van der Waals surface area (Å²) in [4.78, 5) is 19.1. The molecular formula is C19H25N5O2. The third-order valence-electron chi connectivity index (χ3n) is 5.26. The van der Waals surface area contributed by atoms with Crippen LogP contribution in [0.5, 0.6) is 0 Å². The van der Waals surface area contributed by atoms with Crippen molar-refractivity contribution < 1.29 is 9.53 Å². The minimum absolute atomic E-state index is 0.0242. The van der Waals surface area contributed by atoms with Gasteiger partial charge in [-0.2, -0.15) is 5.10 Å². The van der Waals surface area contributed by atoms with Crippen LogP contribution in [0, 0.1) is 5.92 Å². The van der Waals surface area contributed by atoms with E-state index < -0.39 is 0 Å².